The minimum atomic E-state index is -0.717. The third-order valence-electron chi connectivity index (χ3n) is 5.08. The van der Waals surface area contributed by atoms with Gasteiger partial charge in [0.2, 0.25) is 0 Å². The molecule has 3 heterocycles. The first-order valence-corrected chi connectivity index (χ1v) is 9.73. The molecule has 2 fully saturated rings. The number of fused-ring (bicyclic) bond motifs is 1. The number of H-pyrrole nitrogens is 1. The summed E-state index contributed by atoms with van der Waals surface area (Å²) in [5, 5.41) is 7.36. The number of aromatic amines is 1. The molecule has 5 rings (SSSR count). The molecule has 1 N–H and O–H groups in total. The minimum Gasteiger partial charge on any atom is -0.367 e. The highest BCUT2D eigenvalue weighted by atomic mass is 16.8. The number of aromatic nitrogens is 3. The van der Waals surface area contributed by atoms with Crippen LogP contribution in [0.4, 0.5) is 0 Å². The third-order valence-corrected chi connectivity index (χ3v) is 5.08. The van der Waals surface area contributed by atoms with Crippen molar-refractivity contribution in [1.82, 2.24) is 15.2 Å². The predicted molar refractivity (Wildman–Crippen MR) is 104 cm³/mol. The van der Waals surface area contributed by atoms with Crippen LogP contribution in [-0.4, -0.2) is 39.5 Å². The van der Waals surface area contributed by atoms with Crippen molar-refractivity contribution in [3.05, 3.63) is 72.1 Å². The summed E-state index contributed by atoms with van der Waals surface area (Å²) in [5.41, 5.74) is 2.01. The smallest absolute Gasteiger partial charge is 0.190 e. The molecule has 3 aromatic rings. The monoisotopic (exact) mass is 393 g/mol. The van der Waals surface area contributed by atoms with Crippen LogP contribution in [0.3, 0.4) is 0 Å². The van der Waals surface area contributed by atoms with Gasteiger partial charge in [-0.25, -0.2) is 4.98 Å². The summed E-state index contributed by atoms with van der Waals surface area (Å²) in [5.74, 6) is 0.497. The van der Waals surface area contributed by atoms with Crippen LogP contribution >= 0.6 is 0 Å². The van der Waals surface area contributed by atoms with E-state index in [-0.39, 0.29) is 12.2 Å². The molecule has 2 aromatic carbocycles. The van der Waals surface area contributed by atoms with Crippen molar-refractivity contribution >= 4 is 0 Å². The van der Waals surface area contributed by atoms with Gasteiger partial charge in [-0.3, -0.25) is 5.10 Å². The molecule has 7 nitrogen and oxygen atoms in total. The average Bonchev–Trinajstić information content (AvgIpc) is 3.40. The predicted octanol–water partition coefficient (Wildman–Crippen LogP) is 3.61. The fourth-order valence-electron chi connectivity index (χ4n) is 3.77. The average molecular weight is 393 g/mol. The van der Waals surface area contributed by atoms with Crippen LogP contribution in [0, 0.1) is 0 Å². The zero-order valence-corrected chi connectivity index (χ0v) is 16.3. The second-order valence-electron chi connectivity index (χ2n) is 7.70. The lowest BCUT2D eigenvalue weighted by Gasteiger charge is -2.25. The second-order valence-corrected chi connectivity index (χ2v) is 7.70. The van der Waals surface area contributed by atoms with Gasteiger partial charge in [0.15, 0.2) is 23.7 Å². The Bertz CT molecular complexity index is 960. The van der Waals surface area contributed by atoms with Crippen LogP contribution in [0.2, 0.25) is 0 Å². The Morgan fingerprint density at radius 3 is 2.48 bits per heavy atom. The molecule has 150 valence electrons. The van der Waals surface area contributed by atoms with E-state index in [2.05, 4.69) is 15.2 Å². The van der Waals surface area contributed by atoms with Gasteiger partial charge < -0.3 is 18.9 Å². The number of nitrogens with one attached hydrogen (secondary N) is 1. The van der Waals surface area contributed by atoms with E-state index in [1.54, 1.807) is 0 Å². The minimum absolute atomic E-state index is 0.344. The molecule has 2 aliphatic rings. The van der Waals surface area contributed by atoms with Gasteiger partial charge in [-0.1, -0.05) is 60.7 Å². The van der Waals surface area contributed by atoms with Crippen LogP contribution in [0.5, 0.6) is 0 Å². The molecular formula is C22H23N3O4. The number of rotatable bonds is 5. The van der Waals surface area contributed by atoms with Gasteiger partial charge in [-0.2, -0.15) is 5.10 Å². The maximum absolute atomic E-state index is 6.26. The summed E-state index contributed by atoms with van der Waals surface area (Å²) in [7, 11) is 0. The van der Waals surface area contributed by atoms with E-state index in [0.717, 1.165) is 11.1 Å². The highest BCUT2D eigenvalue weighted by Gasteiger charge is 2.56. The van der Waals surface area contributed by atoms with Crippen molar-refractivity contribution < 1.29 is 18.9 Å². The van der Waals surface area contributed by atoms with E-state index in [4.69, 9.17) is 18.9 Å². The highest BCUT2D eigenvalue weighted by molar-refractivity contribution is 5.53. The van der Waals surface area contributed by atoms with Gasteiger partial charge in [0.25, 0.3) is 0 Å². The standard InChI is InChI=1S/C22H23N3O4/c1-22(2)28-18-16(26-13-14-9-5-3-6-10-14)17(27-21(18)29-22)20-23-19(24-25-20)15-11-7-4-8-12-15/h3-12,16-18,21H,13H2,1-2H3,(H,23,24,25)/t16-,17-,18-,21-/m1/s1. The topological polar surface area (TPSA) is 78.5 Å². The Hall–Kier alpha value is -2.58. The van der Waals surface area contributed by atoms with Crippen molar-refractivity contribution in [3.8, 4) is 11.4 Å². The molecule has 0 bridgehead atoms. The van der Waals surface area contributed by atoms with Crippen molar-refractivity contribution in [2.24, 2.45) is 0 Å². The Morgan fingerprint density at radius 2 is 1.72 bits per heavy atom. The normalized spacial score (nSPS) is 27.8. The molecule has 7 heteroatoms. The zero-order chi connectivity index (χ0) is 19.8. The van der Waals surface area contributed by atoms with E-state index >= 15 is 0 Å². The Morgan fingerprint density at radius 1 is 1.00 bits per heavy atom. The zero-order valence-electron chi connectivity index (χ0n) is 16.3. The fourth-order valence-corrected chi connectivity index (χ4v) is 3.77. The lowest BCUT2D eigenvalue weighted by Crippen LogP contribution is -2.34. The number of hydrogen-bond acceptors (Lipinski definition) is 6. The van der Waals surface area contributed by atoms with E-state index in [1.165, 1.54) is 0 Å². The summed E-state index contributed by atoms with van der Waals surface area (Å²) in [4.78, 5) is 4.65. The summed E-state index contributed by atoms with van der Waals surface area (Å²) in [6, 6.07) is 19.8. The highest BCUT2D eigenvalue weighted by Crippen LogP contribution is 2.44. The van der Waals surface area contributed by atoms with Gasteiger partial charge in [0, 0.05) is 5.56 Å². The van der Waals surface area contributed by atoms with Crippen molar-refractivity contribution in [3.63, 3.8) is 0 Å². The molecule has 2 aliphatic heterocycles. The first-order chi connectivity index (χ1) is 14.1. The maximum atomic E-state index is 6.26. The fraction of sp³-hybridized carbons (Fsp3) is 0.364. The Kier molecular flexibility index (Phi) is 4.67. The van der Waals surface area contributed by atoms with Crippen molar-refractivity contribution in [2.75, 3.05) is 0 Å². The molecule has 0 radical (unpaired) electrons. The van der Waals surface area contributed by atoms with Crippen LogP contribution < -0.4 is 0 Å². The summed E-state index contributed by atoms with van der Waals surface area (Å²) in [6.45, 7) is 4.19. The lowest BCUT2D eigenvalue weighted by molar-refractivity contribution is -0.221. The number of hydrogen-bond donors (Lipinski definition) is 1. The van der Waals surface area contributed by atoms with Crippen molar-refractivity contribution in [2.45, 2.75) is 50.8 Å². The van der Waals surface area contributed by atoms with E-state index < -0.39 is 18.2 Å². The van der Waals surface area contributed by atoms with Gasteiger partial charge in [-0.05, 0) is 19.4 Å². The van der Waals surface area contributed by atoms with E-state index in [0.29, 0.717) is 18.3 Å². The number of benzene rings is 2. The molecule has 0 unspecified atom stereocenters. The first kappa shape index (κ1) is 18.4. The van der Waals surface area contributed by atoms with Gasteiger partial charge >= 0.3 is 0 Å². The molecule has 29 heavy (non-hydrogen) atoms. The number of nitrogens with zero attached hydrogens (tertiary/aromatic N) is 2. The Labute approximate surface area is 169 Å². The molecule has 1 aromatic heterocycles. The van der Waals surface area contributed by atoms with Crippen LogP contribution in [0.25, 0.3) is 11.4 Å². The molecule has 0 saturated carbocycles. The first-order valence-electron chi connectivity index (χ1n) is 9.73. The number of ether oxygens (including phenoxy) is 4. The second kappa shape index (κ2) is 7.35. The quantitative estimate of drug-likeness (QED) is 0.714. The SMILES string of the molecule is CC1(C)O[C@H]2O[C@@H](c3nc(-c4ccccc4)n[nH]3)[C@@H](OCc3ccccc3)[C@H]2O1. The molecule has 0 amide bonds. The molecular weight excluding hydrogens is 370 g/mol. The van der Waals surface area contributed by atoms with Gasteiger partial charge in [0.1, 0.15) is 18.3 Å². The molecule has 2 saturated heterocycles. The third kappa shape index (κ3) is 3.70. The Balaban J connectivity index is 1.40. The van der Waals surface area contributed by atoms with Crippen LogP contribution in [0.1, 0.15) is 31.3 Å². The van der Waals surface area contributed by atoms with E-state index in [1.807, 2.05) is 74.5 Å². The van der Waals surface area contributed by atoms with Gasteiger partial charge in [-0.15, -0.1) is 0 Å². The lowest BCUT2D eigenvalue weighted by atomic mass is 10.1. The van der Waals surface area contributed by atoms with Crippen LogP contribution in [-0.2, 0) is 25.6 Å². The summed E-state index contributed by atoms with van der Waals surface area (Å²) >= 11 is 0. The van der Waals surface area contributed by atoms with Gasteiger partial charge in [0.05, 0.1) is 6.61 Å². The van der Waals surface area contributed by atoms with E-state index in [9.17, 15) is 0 Å². The van der Waals surface area contributed by atoms with Crippen molar-refractivity contribution in [1.29, 1.82) is 0 Å². The molecule has 0 spiro atoms. The molecule has 4 atom stereocenters. The summed E-state index contributed by atoms with van der Waals surface area (Å²) in [6.07, 6.45) is -1.70. The molecule has 0 aliphatic carbocycles. The van der Waals surface area contributed by atoms with Crippen LogP contribution in [0.15, 0.2) is 60.7 Å². The largest absolute Gasteiger partial charge is 0.367 e. The maximum Gasteiger partial charge on any atom is 0.190 e. The summed E-state index contributed by atoms with van der Waals surface area (Å²) < 4.78 is 24.4.